The maximum absolute atomic E-state index is 16.6. The number of aliphatic imine (C=N–C) groups is 1. The van der Waals surface area contributed by atoms with Crippen LogP contribution >= 0.6 is 0 Å². The Morgan fingerprint density at radius 3 is 1.71 bits per heavy atom. The van der Waals surface area contributed by atoms with E-state index in [-0.39, 0.29) is 11.4 Å². The minimum absolute atomic E-state index is 0.185. The number of alkyl halides is 5. The maximum Gasteiger partial charge on any atom is 0.638 e. The minimum Gasteiger partial charge on any atom is -0.382 e. The summed E-state index contributed by atoms with van der Waals surface area (Å²) in [5, 5.41) is 0. The molecule has 5 aromatic rings. The van der Waals surface area contributed by atoms with E-state index in [2.05, 4.69) is 0 Å². The van der Waals surface area contributed by atoms with Crippen molar-refractivity contribution in [2.75, 3.05) is 6.61 Å². The van der Waals surface area contributed by atoms with Crippen molar-refractivity contribution in [3.63, 3.8) is 0 Å². The van der Waals surface area contributed by atoms with Crippen LogP contribution in [0.25, 0.3) is 34.0 Å². The van der Waals surface area contributed by atoms with E-state index in [4.69, 9.17) is 9.65 Å². The van der Waals surface area contributed by atoms with Crippen molar-refractivity contribution in [1.29, 1.82) is 0 Å². The van der Waals surface area contributed by atoms with Gasteiger partial charge in [-0.15, -0.1) is 0 Å². The molecule has 0 fully saturated rings. The number of allylic oxidation sites excluding steroid dienone is 2. The average molecular weight is 711 g/mol. The summed E-state index contributed by atoms with van der Waals surface area (Å²) in [7, 11) is -2.73. The van der Waals surface area contributed by atoms with Crippen molar-refractivity contribution in [2.24, 2.45) is 4.99 Å². The molecule has 52 heavy (non-hydrogen) atoms. The van der Waals surface area contributed by atoms with Crippen LogP contribution in [0, 0.1) is 41.5 Å². The number of rotatable bonds is 9. The van der Waals surface area contributed by atoms with E-state index in [0.717, 1.165) is 60.1 Å². The summed E-state index contributed by atoms with van der Waals surface area (Å²) in [4.78, 5) is 5.03. The molecule has 0 aliphatic carbocycles. The largest absolute Gasteiger partial charge is 0.638 e. The summed E-state index contributed by atoms with van der Waals surface area (Å²) >= 11 is 0. The Hall–Kier alpha value is -5.09. The number of aromatic nitrogens is 1. The summed E-state index contributed by atoms with van der Waals surface area (Å²) in [6.07, 6.45) is -2.31. The zero-order valence-corrected chi connectivity index (χ0v) is 29.7. The number of halogens is 6. The molecule has 0 unspecified atom stereocenters. The minimum atomic E-state index is -5.92. The van der Waals surface area contributed by atoms with E-state index in [1.165, 1.54) is 0 Å². The lowest BCUT2D eigenvalue weighted by Gasteiger charge is -2.21. The van der Waals surface area contributed by atoms with E-state index in [9.17, 15) is 22.0 Å². The molecular formula is C42H37BF6N2O. The topological polar surface area (TPSA) is 26.5 Å². The van der Waals surface area contributed by atoms with Gasteiger partial charge >= 0.3 is 19.4 Å². The molecular weight excluding hydrogens is 673 g/mol. The summed E-state index contributed by atoms with van der Waals surface area (Å²) in [5.74, 6) is -5.28. The van der Waals surface area contributed by atoms with Crippen LogP contribution in [-0.4, -0.2) is 36.2 Å². The number of aryl methyl sites for hydroxylation is 6. The number of hydrogen-bond acceptors (Lipinski definition) is 2. The number of hydrogen-bond donors (Lipinski definition) is 0. The molecule has 0 amide bonds. The highest BCUT2D eigenvalue weighted by Gasteiger charge is 2.58. The smallest absolute Gasteiger partial charge is 0.382 e. The third-order valence-electron chi connectivity index (χ3n) is 9.21. The number of benzene rings is 4. The van der Waals surface area contributed by atoms with Crippen molar-refractivity contribution in [3.8, 4) is 22.4 Å². The molecule has 3 nitrogen and oxygen atoms in total. The summed E-state index contributed by atoms with van der Waals surface area (Å²) in [6.45, 7) is 9.47. The Balaban J connectivity index is 1.64. The second kappa shape index (κ2) is 14.1. The molecule has 10 heteroatoms. The lowest BCUT2D eigenvalue weighted by molar-refractivity contribution is -0.290. The SMILES string of the molecule is Cc1ccc(C2=N/C(=C\c3c(-c4ccc(C)cc4C)cc(-c4ccc(C)cc4)n3B(F)OCC(F)(F)C(F)(F)F)C(c3ccc(C)cc3C)=C2)cc1. The van der Waals surface area contributed by atoms with Crippen LogP contribution in [0.3, 0.4) is 0 Å². The molecule has 0 spiro atoms. The molecule has 0 saturated heterocycles. The highest BCUT2D eigenvalue weighted by molar-refractivity contribution is 6.43. The fourth-order valence-electron chi connectivity index (χ4n) is 6.39. The number of nitrogens with zero attached hydrogens (tertiary/aromatic N) is 2. The zero-order valence-electron chi connectivity index (χ0n) is 29.7. The van der Waals surface area contributed by atoms with Gasteiger partial charge in [0.25, 0.3) is 0 Å². The Morgan fingerprint density at radius 1 is 0.654 bits per heavy atom. The first-order chi connectivity index (χ1) is 24.5. The molecule has 0 saturated carbocycles. The first-order valence-corrected chi connectivity index (χ1v) is 16.8. The molecule has 1 aromatic heterocycles. The maximum atomic E-state index is 16.6. The summed E-state index contributed by atoms with van der Waals surface area (Å²) in [5.41, 5.74) is 11.6. The molecule has 1 aliphatic heterocycles. The highest BCUT2D eigenvalue weighted by atomic mass is 19.4. The predicted molar refractivity (Wildman–Crippen MR) is 198 cm³/mol. The quantitative estimate of drug-likeness (QED) is 0.110. The fraction of sp³-hybridized carbons (Fsp3) is 0.214. The molecule has 1 aliphatic rings. The molecule has 4 aromatic carbocycles. The van der Waals surface area contributed by atoms with Gasteiger partial charge in [0.1, 0.15) is 6.61 Å². The van der Waals surface area contributed by atoms with Crippen molar-refractivity contribution in [2.45, 2.75) is 53.6 Å². The Morgan fingerprint density at radius 2 is 1.17 bits per heavy atom. The van der Waals surface area contributed by atoms with Gasteiger partial charge in [-0.25, -0.2) is 4.99 Å². The zero-order chi connectivity index (χ0) is 37.5. The molecule has 2 heterocycles. The lowest BCUT2D eigenvalue weighted by Crippen LogP contribution is -2.43. The normalized spacial score (nSPS) is 14.2. The third kappa shape index (κ3) is 7.44. The lowest BCUT2D eigenvalue weighted by atomic mass is 9.94. The van der Waals surface area contributed by atoms with Crippen LogP contribution in [0.15, 0.2) is 108 Å². The van der Waals surface area contributed by atoms with Gasteiger partial charge < -0.3 is 9.13 Å². The van der Waals surface area contributed by atoms with E-state index >= 15 is 4.32 Å². The standard InChI is InChI=1S/C42H37BF6N2O/c1-25-7-13-31(14-8-25)37-21-35(33-17-11-27(3)19-29(33)5)38(50-37)23-40-36(34-18-12-28(4)20-30(34)6)22-39(32-15-9-26(2)10-16-32)51(40)43(49)52-24-41(44,45)42(46,47)48/h7-23H,24H2,1-6H3/b38-23-. The van der Waals surface area contributed by atoms with Crippen molar-refractivity contribution >= 4 is 24.7 Å². The van der Waals surface area contributed by atoms with Crippen LogP contribution in [0.4, 0.5) is 26.3 Å². The summed E-state index contributed by atoms with van der Waals surface area (Å²) in [6, 6.07) is 28.4. The van der Waals surface area contributed by atoms with Gasteiger partial charge in [-0.3, -0.25) is 4.32 Å². The second-order valence-corrected chi connectivity index (χ2v) is 13.5. The Kier molecular flexibility index (Phi) is 9.98. The monoisotopic (exact) mass is 710 g/mol. The molecule has 0 bridgehead atoms. The predicted octanol–water partition coefficient (Wildman–Crippen LogP) is 11.6. The van der Waals surface area contributed by atoms with Crippen LogP contribution in [0.2, 0.25) is 0 Å². The van der Waals surface area contributed by atoms with E-state index in [1.807, 2.05) is 120 Å². The van der Waals surface area contributed by atoms with Gasteiger partial charge in [-0.1, -0.05) is 107 Å². The van der Waals surface area contributed by atoms with E-state index < -0.39 is 26.0 Å². The van der Waals surface area contributed by atoms with Crippen molar-refractivity contribution in [1.82, 2.24) is 4.48 Å². The highest BCUT2D eigenvalue weighted by Crippen LogP contribution is 2.41. The Bertz CT molecular complexity index is 2230. The van der Waals surface area contributed by atoms with Gasteiger partial charge in [-0.2, -0.15) is 22.0 Å². The van der Waals surface area contributed by atoms with Gasteiger partial charge in [0.2, 0.25) is 0 Å². The van der Waals surface area contributed by atoms with Crippen LogP contribution < -0.4 is 0 Å². The van der Waals surface area contributed by atoms with E-state index in [1.54, 1.807) is 24.3 Å². The van der Waals surface area contributed by atoms with Crippen LogP contribution in [-0.2, 0) is 4.65 Å². The molecule has 266 valence electrons. The van der Waals surface area contributed by atoms with Crippen molar-refractivity contribution < 1.29 is 30.9 Å². The third-order valence-corrected chi connectivity index (χ3v) is 9.21. The average Bonchev–Trinajstić information content (AvgIpc) is 3.66. The fourth-order valence-corrected chi connectivity index (χ4v) is 6.39. The van der Waals surface area contributed by atoms with Crippen molar-refractivity contribution in [3.05, 3.63) is 153 Å². The summed E-state index contributed by atoms with van der Waals surface area (Å²) < 4.78 is 90.3. The van der Waals surface area contributed by atoms with Crippen LogP contribution in [0.1, 0.15) is 50.2 Å². The van der Waals surface area contributed by atoms with Gasteiger partial charge in [0.15, 0.2) is 0 Å². The van der Waals surface area contributed by atoms with Gasteiger partial charge in [0.05, 0.1) is 11.4 Å². The Labute approximate surface area is 300 Å². The first kappa shape index (κ1) is 36.7. The van der Waals surface area contributed by atoms with E-state index in [0.29, 0.717) is 22.5 Å². The molecule has 0 N–H and O–H groups in total. The van der Waals surface area contributed by atoms with Gasteiger partial charge in [-0.05, 0) is 87.6 Å². The van der Waals surface area contributed by atoms with Gasteiger partial charge in [0, 0.05) is 28.1 Å². The molecule has 6 rings (SSSR count). The first-order valence-electron chi connectivity index (χ1n) is 16.8. The van der Waals surface area contributed by atoms with Crippen LogP contribution in [0.5, 0.6) is 0 Å². The second-order valence-electron chi connectivity index (χ2n) is 13.5. The molecule has 0 radical (unpaired) electrons. The molecule has 0 atom stereocenters.